The van der Waals surface area contributed by atoms with Crippen molar-refractivity contribution in [2.45, 2.75) is 13.3 Å². The van der Waals surface area contributed by atoms with E-state index in [9.17, 15) is 4.79 Å². The predicted molar refractivity (Wildman–Crippen MR) is 105 cm³/mol. The van der Waals surface area contributed by atoms with Gasteiger partial charge in [0.1, 0.15) is 0 Å². The summed E-state index contributed by atoms with van der Waals surface area (Å²) in [6.07, 6.45) is 0.943. The third-order valence-electron chi connectivity index (χ3n) is 3.21. The fourth-order valence-corrected chi connectivity index (χ4v) is 2.52. The third kappa shape index (κ3) is 5.67. The molecule has 0 aliphatic heterocycles. The van der Waals surface area contributed by atoms with Gasteiger partial charge in [-0.2, -0.15) is 0 Å². The normalized spacial score (nSPS) is 10.1. The number of hydrogen-bond donors (Lipinski definition) is 3. The van der Waals surface area contributed by atoms with Crippen LogP contribution in [-0.2, 0) is 11.2 Å². The second-order valence-electron chi connectivity index (χ2n) is 5.03. The minimum Gasteiger partial charge on any atom is -0.353 e. The molecule has 0 aromatic heterocycles. The Bertz CT molecular complexity index is 752. The number of nitrogens with one attached hydrogen (secondary N) is 3. The van der Waals surface area contributed by atoms with Crippen molar-refractivity contribution in [3.63, 3.8) is 0 Å². The molecule has 0 aliphatic carbocycles. The maximum absolute atomic E-state index is 12.0. The molecule has 0 unspecified atom stereocenters. The fraction of sp³-hybridized carbons (Fsp3) is 0.176. The molecule has 0 atom stereocenters. The highest BCUT2D eigenvalue weighted by Gasteiger charge is 2.07. The molecule has 0 saturated carbocycles. The van der Waals surface area contributed by atoms with E-state index >= 15 is 0 Å². The molecule has 24 heavy (non-hydrogen) atoms. The summed E-state index contributed by atoms with van der Waals surface area (Å²) in [4.78, 5) is 12.0. The minimum atomic E-state index is -0.273. The van der Waals surface area contributed by atoms with Gasteiger partial charge in [-0.3, -0.25) is 4.79 Å². The van der Waals surface area contributed by atoms with Crippen molar-refractivity contribution >= 4 is 57.8 Å². The van der Waals surface area contributed by atoms with E-state index in [0.29, 0.717) is 20.8 Å². The predicted octanol–water partition coefficient (Wildman–Crippen LogP) is 4.48. The van der Waals surface area contributed by atoms with Crippen molar-refractivity contribution in [2.24, 2.45) is 0 Å². The van der Waals surface area contributed by atoms with Crippen LogP contribution in [0.5, 0.6) is 0 Å². The maximum atomic E-state index is 12.0. The van der Waals surface area contributed by atoms with E-state index in [-0.39, 0.29) is 12.5 Å². The summed E-state index contributed by atoms with van der Waals surface area (Å²) in [7, 11) is 0. The summed E-state index contributed by atoms with van der Waals surface area (Å²) in [5.74, 6) is -0.273. The molecule has 4 nitrogen and oxygen atoms in total. The zero-order valence-corrected chi connectivity index (χ0v) is 15.4. The molecule has 2 aromatic rings. The van der Waals surface area contributed by atoms with Gasteiger partial charge in [-0.05, 0) is 54.5 Å². The van der Waals surface area contributed by atoms with Crippen LogP contribution in [-0.4, -0.2) is 17.6 Å². The van der Waals surface area contributed by atoms with Crippen molar-refractivity contribution < 1.29 is 4.79 Å². The molecule has 3 N–H and O–H groups in total. The zero-order chi connectivity index (χ0) is 17.5. The van der Waals surface area contributed by atoms with Crippen molar-refractivity contribution in [1.29, 1.82) is 0 Å². The van der Waals surface area contributed by atoms with E-state index in [2.05, 4.69) is 22.9 Å². The van der Waals surface area contributed by atoms with E-state index in [1.54, 1.807) is 18.2 Å². The molecule has 0 bridgehead atoms. The van der Waals surface area contributed by atoms with E-state index in [4.69, 9.17) is 35.4 Å². The zero-order valence-electron chi connectivity index (χ0n) is 13.0. The van der Waals surface area contributed by atoms with Crippen LogP contribution in [0.3, 0.4) is 0 Å². The molecule has 0 aliphatic rings. The van der Waals surface area contributed by atoms with E-state index in [1.165, 1.54) is 5.56 Å². The molecular formula is C17H17Cl2N3OS. The molecule has 0 fully saturated rings. The molecule has 0 saturated heterocycles. The van der Waals surface area contributed by atoms with Gasteiger partial charge >= 0.3 is 0 Å². The number of halogens is 2. The number of amides is 1. The van der Waals surface area contributed by atoms with Gasteiger partial charge in [0.15, 0.2) is 5.11 Å². The summed E-state index contributed by atoms with van der Waals surface area (Å²) < 4.78 is 0. The number of benzene rings is 2. The van der Waals surface area contributed by atoms with Gasteiger partial charge in [0.05, 0.1) is 17.3 Å². The van der Waals surface area contributed by atoms with Crippen molar-refractivity contribution in [3.8, 4) is 0 Å². The first-order valence-corrected chi connectivity index (χ1v) is 8.53. The summed E-state index contributed by atoms with van der Waals surface area (Å²) in [6, 6.07) is 12.8. The first-order valence-electron chi connectivity index (χ1n) is 7.36. The maximum Gasteiger partial charge on any atom is 0.243 e. The van der Waals surface area contributed by atoms with Gasteiger partial charge in [-0.1, -0.05) is 42.3 Å². The Hall–Kier alpha value is -1.82. The van der Waals surface area contributed by atoms with Crippen LogP contribution in [0.1, 0.15) is 12.5 Å². The Morgan fingerprint density at radius 3 is 2.67 bits per heavy atom. The summed E-state index contributed by atoms with van der Waals surface area (Å²) in [5.41, 5.74) is 2.55. The van der Waals surface area contributed by atoms with Gasteiger partial charge in [0.2, 0.25) is 5.91 Å². The summed E-state index contributed by atoms with van der Waals surface area (Å²) in [5, 5.41) is 9.88. The molecule has 0 radical (unpaired) electrons. The van der Waals surface area contributed by atoms with Gasteiger partial charge in [0, 0.05) is 10.7 Å². The SMILES string of the molecule is CCc1cccc(NC(=S)NCC(=O)Nc2cc(Cl)ccc2Cl)c1. The van der Waals surface area contributed by atoms with Crippen LogP contribution in [0.2, 0.25) is 10.0 Å². The number of anilines is 2. The molecule has 1 amide bonds. The largest absolute Gasteiger partial charge is 0.353 e. The van der Waals surface area contributed by atoms with Crippen molar-refractivity contribution in [1.82, 2.24) is 5.32 Å². The fourth-order valence-electron chi connectivity index (χ4n) is 1.99. The lowest BCUT2D eigenvalue weighted by atomic mass is 10.1. The number of aryl methyl sites for hydroxylation is 1. The monoisotopic (exact) mass is 381 g/mol. The topological polar surface area (TPSA) is 53.2 Å². The van der Waals surface area contributed by atoms with Crippen LogP contribution in [0.15, 0.2) is 42.5 Å². The second kappa shape index (κ2) is 8.87. The van der Waals surface area contributed by atoms with E-state index in [0.717, 1.165) is 12.1 Å². The van der Waals surface area contributed by atoms with Crippen LogP contribution in [0, 0.1) is 0 Å². The number of rotatable bonds is 5. The van der Waals surface area contributed by atoms with E-state index in [1.807, 2.05) is 24.3 Å². The molecule has 2 rings (SSSR count). The average molecular weight is 382 g/mol. The Kier molecular flexibility index (Phi) is 6.85. The van der Waals surface area contributed by atoms with Gasteiger partial charge < -0.3 is 16.0 Å². The molecular weight excluding hydrogens is 365 g/mol. The van der Waals surface area contributed by atoms with E-state index < -0.39 is 0 Å². The number of thiocarbonyl (C=S) groups is 1. The van der Waals surface area contributed by atoms with Crippen LogP contribution < -0.4 is 16.0 Å². The Labute approximate surface area is 156 Å². The van der Waals surface area contributed by atoms with Crippen LogP contribution in [0.25, 0.3) is 0 Å². The van der Waals surface area contributed by atoms with Gasteiger partial charge in [0.25, 0.3) is 0 Å². The third-order valence-corrected chi connectivity index (χ3v) is 4.02. The standard InChI is InChI=1S/C17H17Cl2N3OS/c1-2-11-4-3-5-13(8-11)21-17(24)20-10-16(23)22-15-9-12(18)6-7-14(15)19/h3-9H,2,10H2,1H3,(H,22,23)(H2,20,21,24). The first kappa shape index (κ1) is 18.5. The Morgan fingerprint density at radius 1 is 1.12 bits per heavy atom. The first-order chi connectivity index (χ1) is 11.5. The highest BCUT2D eigenvalue weighted by Crippen LogP contribution is 2.25. The van der Waals surface area contributed by atoms with Crippen molar-refractivity contribution in [2.75, 3.05) is 17.2 Å². The molecule has 7 heteroatoms. The smallest absolute Gasteiger partial charge is 0.243 e. The number of carbonyl (C=O) groups excluding carboxylic acids is 1. The van der Waals surface area contributed by atoms with Crippen LogP contribution in [0.4, 0.5) is 11.4 Å². The average Bonchev–Trinajstić information content (AvgIpc) is 2.56. The number of carbonyl (C=O) groups is 1. The lowest BCUT2D eigenvalue weighted by Crippen LogP contribution is -2.35. The number of hydrogen-bond acceptors (Lipinski definition) is 2. The van der Waals surface area contributed by atoms with Gasteiger partial charge in [-0.25, -0.2) is 0 Å². The minimum absolute atomic E-state index is 0.0160. The van der Waals surface area contributed by atoms with Crippen molar-refractivity contribution in [3.05, 3.63) is 58.1 Å². The Balaban J connectivity index is 1.84. The molecule has 0 heterocycles. The lowest BCUT2D eigenvalue weighted by molar-refractivity contribution is -0.115. The second-order valence-corrected chi connectivity index (χ2v) is 6.29. The molecule has 126 valence electrons. The Morgan fingerprint density at radius 2 is 1.92 bits per heavy atom. The quantitative estimate of drug-likeness (QED) is 0.668. The highest BCUT2D eigenvalue weighted by atomic mass is 35.5. The molecule has 0 spiro atoms. The van der Waals surface area contributed by atoms with Crippen LogP contribution >= 0.6 is 35.4 Å². The van der Waals surface area contributed by atoms with Gasteiger partial charge in [-0.15, -0.1) is 0 Å². The summed E-state index contributed by atoms with van der Waals surface area (Å²) >= 11 is 17.1. The summed E-state index contributed by atoms with van der Waals surface area (Å²) in [6.45, 7) is 2.10. The highest BCUT2D eigenvalue weighted by molar-refractivity contribution is 7.80. The molecule has 2 aromatic carbocycles. The lowest BCUT2D eigenvalue weighted by Gasteiger charge is -2.12.